The number of hydrogen-bond donors (Lipinski definition) is 2. The minimum Gasteiger partial charge on any atom is -0.487 e. The molecule has 39 heavy (non-hydrogen) atoms. The molecule has 11 heteroatoms. The largest absolute Gasteiger partial charge is 0.487 e. The number of morpholine rings is 1. The second kappa shape index (κ2) is 11.2. The molecule has 2 aliphatic heterocycles. The van der Waals surface area contributed by atoms with Crippen molar-refractivity contribution in [3.63, 3.8) is 0 Å². The van der Waals surface area contributed by atoms with Crippen LogP contribution in [0.4, 0.5) is 5.82 Å². The first-order valence-electron chi connectivity index (χ1n) is 12.9. The number of aromatic nitrogens is 1. The van der Waals surface area contributed by atoms with Gasteiger partial charge in [-0.1, -0.05) is 23.7 Å². The number of nitrogen functional groups attached to an aromatic ring is 1. The minimum absolute atomic E-state index is 0.0104. The molecule has 0 aliphatic carbocycles. The Labute approximate surface area is 234 Å². The van der Waals surface area contributed by atoms with Gasteiger partial charge in [0.25, 0.3) is 5.91 Å². The Morgan fingerprint density at radius 1 is 1.13 bits per heavy atom. The molecule has 3 heterocycles. The van der Waals surface area contributed by atoms with Gasteiger partial charge in [0.05, 0.1) is 24.8 Å². The van der Waals surface area contributed by atoms with Crippen molar-refractivity contribution in [1.29, 1.82) is 0 Å². The van der Waals surface area contributed by atoms with Gasteiger partial charge in [0.15, 0.2) is 0 Å². The topological polar surface area (TPSA) is 107 Å². The first-order chi connectivity index (χ1) is 18.7. The number of nitrogens with zero attached hydrogens (tertiary/aromatic N) is 2. The van der Waals surface area contributed by atoms with E-state index in [2.05, 4.69) is 32.1 Å². The highest BCUT2D eigenvalue weighted by atomic mass is 35.5. The predicted molar refractivity (Wildman–Crippen MR) is 157 cm³/mol. The fraction of sp³-hybridized carbons (Fsp3) is 0.250. The summed E-state index contributed by atoms with van der Waals surface area (Å²) in [5.74, 6) is 0.832. The van der Waals surface area contributed by atoms with E-state index in [-0.39, 0.29) is 17.9 Å². The third kappa shape index (κ3) is 5.82. The summed E-state index contributed by atoms with van der Waals surface area (Å²) in [4.78, 5) is 31.1. The number of anilines is 1. The number of pyridine rings is 1. The first-order valence-corrected chi connectivity index (χ1v) is 13.3. The average molecular weight is 543 g/mol. The number of ether oxygens (including phenoxy) is 2. The highest BCUT2D eigenvalue weighted by Gasteiger charge is 2.42. The van der Waals surface area contributed by atoms with Crippen molar-refractivity contribution in [2.75, 3.05) is 38.6 Å². The Kier molecular flexibility index (Phi) is 7.68. The number of carbonyl (C=O) groups excluding carboxylic acids is 2. The molecule has 3 aromatic rings. The molecule has 1 fully saturated rings. The lowest BCUT2D eigenvalue weighted by molar-refractivity contribution is -0.116. The van der Waals surface area contributed by atoms with Crippen LogP contribution in [0.15, 0.2) is 60.8 Å². The van der Waals surface area contributed by atoms with Gasteiger partial charge in [-0.2, -0.15) is 0 Å². The van der Waals surface area contributed by atoms with E-state index in [4.69, 9.17) is 26.8 Å². The van der Waals surface area contributed by atoms with Crippen LogP contribution in [-0.2, 0) is 14.7 Å². The Morgan fingerprint density at radius 2 is 1.87 bits per heavy atom. The Morgan fingerprint density at radius 3 is 2.56 bits per heavy atom. The monoisotopic (exact) mass is 542 g/mol. The van der Waals surface area contributed by atoms with E-state index in [9.17, 15) is 9.59 Å². The van der Waals surface area contributed by atoms with Crippen LogP contribution in [0.25, 0.3) is 17.2 Å². The molecule has 5 rings (SSSR count). The first kappa shape index (κ1) is 26.8. The van der Waals surface area contributed by atoms with Crippen molar-refractivity contribution in [3.8, 4) is 16.9 Å². The van der Waals surface area contributed by atoms with E-state index >= 15 is 0 Å². The van der Waals surface area contributed by atoms with Crippen LogP contribution in [0.5, 0.6) is 5.75 Å². The summed E-state index contributed by atoms with van der Waals surface area (Å²) in [5.41, 5.74) is 9.89. The van der Waals surface area contributed by atoms with Crippen LogP contribution >= 0.6 is 11.6 Å². The van der Waals surface area contributed by atoms with Crippen LogP contribution < -0.4 is 15.8 Å². The van der Waals surface area contributed by atoms with Crippen LogP contribution in [0.1, 0.15) is 21.5 Å². The Bertz CT molecular complexity index is 1410. The van der Waals surface area contributed by atoms with E-state index in [1.54, 1.807) is 24.4 Å². The molecule has 3 N–H and O–H groups in total. The predicted octanol–water partition coefficient (Wildman–Crippen LogP) is 1.47. The van der Waals surface area contributed by atoms with Crippen molar-refractivity contribution in [1.82, 2.24) is 15.2 Å². The lowest BCUT2D eigenvalue weighted by atomic mass is 9.49. The van der Waals surface area contributed by atoms with Gasteiger partial charge >= 0.3 is 0 Å². The second-order valence-electron chi connectivity index (χ2n) is 10.2. The highest BCUT2D eigenvalue weighted by molar-refractivity contribution is 6.42. The van der Waals surface area contributed by atoms with Gasteiger partial charge in [-0.25, -0.2) is 4.98 Å². The second-order valence-corrected chi connectivity index (χ2v) is 10.6. The van der Waals surface area contributed by atoms with Crippen molar-refractivity contribution in [3.05, 3.63) is 82.5 Å². The van der Waals surface area contributed by atoms with Gasteiger partial charge in [0, 0.05) is 30.9 Å². The SMILES string of the molecule is BC1(B)c2cc(-c3ccc(C(=O)N4CCOCC4)cc3)cc(Cl)c2OC1CNC(=O)/C=C/c1ccc(N)nc1. The van der Waals surface area contributed by atoms with Gasteiger partial charge in [-0.15, -0.1) is 0 Å². The molecule has 1 atom stereocenters. The molecule has 2 aliphatic rings. The molecular weight excluding hydrogens is 513 g/mol. The molecule has 0 bridgehead atoms. The van der Waals surface area contributed by atoms with Gasteiger partial charge < -0.3 is 25.4 Å². The van der Waals surface area contributed by atoms with E-state index in [1.807, 2.05) is 35.2 Å². The lowest BCUT2D eigenvalue weighted by Crippen LogP contribution is -2.46. The van der Waals surface area contributed by atoms with Gasteiger partial charge in [-0.3, -0.25) is 9.59 Å². The van der Waals surface area contributed by atoms with Crippen molar-refractivity contribution in [2.45, 2.75) is 11.3 Å². The summed E-state index contributed by atoms with van der Waals surface area (Å²) in [7, 11) is 4.16. The number of halogens is 1. The quantitative estimate of drug-likeness (QED) is 0.361. The van der Waals surface area contributed by atoms with Gasteiger partial charge in [0.2, 0.25) is 5.91 Å². The van der Waals surface area contributed by atoms with E-state index in [0.29, 0.717) is 55.0 Å². The molecule has 2 aromatic carbocycles. The fourth-order valence-corrected chi connectivity index (χ4v) is 5.08. The highest BCUT2D eigenvalue weighted by Crippen LogP contribution is 2.45. The van der Waals surface area contributed by atoms with E-state index in [0.717, 1.165) is 22.3 Å². The summed E-state index contributed by atoms with van der Waals surface area (Å²) in [6, 6.07) is 15.0. The number of nitrogens with one attached hydrogen (secondary N) is 1. The number of hydrogen-bond acceptors (Lipinski definition) is 6. The van der Waals surface area contributed by atoms with Gasteiger partial charge in [-0.05, 0) is 69.9 Å². The zero-order valence-corrected chi connectivity index (χ0v) is 22.7. The molecule has 1 unspecified atom stereocenters. The van der Waals surface area contributed by atoms with Gasteiger partial charge in [0.1, 0.15) is 33.4 Å². The molecule has 0 spiro atoms. The Balaban J connectivity index is 1.27. The summed E-state index contributed by atoms with van der Waals surface area (Å²) in [5, 5.41) is 3.03. The van der Waals surface area contributed by atoms with Crippen molar-refractivity contribution < 1.29 is 19.1 Å². The van der Waals surface area contributed by atoms with E-state index in [1.165, 1.54) is 6.08 Å². The number of rotatable bonds is 6. The molecule has 0 radical (unpaired) electrons. The molecule has 0 saturated carbocycles. The number of carbonyl (C=O) groups is 2. The summed E-state index contributed by atoms with van der Waals surface area (Å²) in [6.45, 7) is 2.66. The number of nitrogens with two attached hydrogens (primary N) is 1. The van der Waals surface area contributed by atoms with Crippen LogP contribution in [0.2, 0.25) is 5.02 Å². The zero-order valence-electron chi connectivity index (χ0n) is 21.9. The number of benzene rings is 2. The third-order valence-corrected chi connectivity index (χ3v) is 7.55. The van der Waals surface area contributed by atoms with Crippen LogP contribution in [0, 0.1) is 0 Å². The fourth-order valence-electron chi connectivity index (χ4n) is 4.81. The maximum Gasteiger partial charge on any atom is 0.254 e. The minimum atomic E-state index is -0.404. The smallest absolute Gasteiger partial charge is 0.254 e. The summed E-state index contributed by atoms with van der Waals surface area (Å²) in [6.07, 6.45) is 4.44. The molecule has 2 amide bonds. The molecule has 198 valence electrons. The number of fused-ring (bicyclic) bond motifs is 1. The summed E-state index contributed by atoms with van der Waals surface area (Å²) < 4.78 is 11.6. The normalized spacial score (nSPS) is 18.0. The standard InChI is InChI=1S/C28H29B2ClN4O4/c29-28(30)21-13-20(18-3-5-19(6-4-18)27(37)35-9-11-38-12-10-35)14-22(31)26(21)39-23(28)16-34-25(36)8-2-17-1-7-24(32)33-15-17/h1-8,13-15,23H,9-12,16,29-30H2,(H2,32,33)(H,34,36)/b8-2+. The maximum absolute atomic E-state index is 12.8. The molecule has 1 aromatic heterocycles. The number of amides is 2. The average Bonchev–Trinajstić information content (AvgIpc) is 3.21. The van der Waals surface area contributed by atoms with Crippen molar-refractivity contribution >= 4 is 51.0 Å². The molecule has 8 nitrogen and oxygen atoms in total. The Hall–Kier alpha value is -3.75. The van der Waals surface area contributed by atoms with Crippen LogP contribution in [-0.4, -0.2) is 76.3 Å². The summed E-state index contributed by atoms with van der Waals surface area (Å²) >= 11 is 6.68. The molecular formula is C28H29B2ClN4O4. The maximum atomic E-state index is 12.8. The third-order valence-electron chi connectivity index (χ3n) is 7.26. The van der Waals surface area contributed by atoms with Crippen molar-refractivity contribution in [2.24, 2.45) is 0 Å². The lowest BCUT2D eigenvalue weighted by Gasteiger charge is -2.27. The van der Waals surface area contributed by atoms with E-state index < -0.39 is 5.21 Å². The van der Waals surface area contributed by atoms with Crippen LogP contribution in [0.3, 0.4) is 0 Å². The zero-order chi connectivity index (χ0) is 27.6. The molecule has 1 saturated heterocycles.